The van der Waals surface area contributed by atoms with Gasteiger partial charge in [0, 0.05) is 30.4 Å². The van der Waals surface area contributed by atoms with Crippen molar-refractivity contribution in [1.82, 2.24) is 24.3 Å². The van der Waals surface area contributed by atoms with Crippen molar-refractivity contribution in [3.05, 3.63) is 34.7 Å². The lowest BCUT2D eigenvalue weighted by atomic mass is 9.95. The van der Waals surface area contributed by atoms with E-state index in [1.807, 2.05) is 56.3 Å². The Balaban J connectivity index is 1.31. The molecule has 0 atom stereocenters. The molecule has 0 radical (unpaired) electrons. The smallest absolute Gasteiger partial charge is 0.410 e. The van der Waals surface area contributed by atoms with Crippen LogP contribution in [-0.4, -0.2) is 49.0 Å². The Kier molecular flexibility index (Phi) is 5.21. The number of nitrogens with zero attached hydrogens (tertiary/aromatic N) is 5. The van der Waals surface area contributed by atoms with Crippen LogP contribution in [0.15, 0.2) is 18.5 Å². The first kappa shape index (κ1) is 21.3. The van der Waals surface area contributed by atoms with Gasteiger partial charge in [-0.3, -0.25) is 4.98 Å². The molecular weight excluding hydrogens is 442 g/mol. The Morgan fingerprint density at radius 1 is 1.09 bits per heavy atom. The molecule has 9 heteroatoms. The van der Waals surface area contributed by atoms with Crippen LogP contribution in [-0.2, 0) is 4.74 Å². The molecule has 1 aliphatic heterocycles. The summed E-state index contributed by atoms with van der Waals surface area (Å²) >= 11 is 3.46. The van der Waals surface area contributed by atoms with E-state index in [0.29, 0.717) is 5.92 Å². The highest BCUT2D eigenvalue weighted by atomic mass is 32.1. The highest BCUT2D eigenvalue weighted by molar-refractivity contribution is 7.28. The first-order valence-corrected chi connectivity index (χ1v) is 12.5. The lowest BCUT2D eigenvalue weighted by Gasteiger charge is -2.33. The van der Waals surface area contributed by atoms with Crippen LogP contribution >= 0.6 is 22.7 Å². The van der Waals surface area contributed by atoms with Crippen molar-refractivity contribution < 1.29 is 9.53 Å². The monoisotopic (exact) mass is 469 g/mol. The van der Waals surface area contributed by atoms with E-state index in [2.05, 4.69) is 11.1 Å². The van der Waals surface area contributed by atoms with Gasteiger partial charge in [0.2, 0.25) is 0 Å². The van der Waals surface area contributed by atoms with Crippen LogP contribution in [0.1, 0.15) is 55.8 Å². The topological polar surface area (TPSA) is 72.6 Å². The molecule has 4 aromatic rings. The maximum Gasteiger partial charge on any atom is 0.410 e. The fourth-order valence-corrected chi connectivity index (χ4v) is 6.49. The van der Waals surface area contributed by atoms with Crippen LogP contribution in [0.4, 0.5) is 4.79 Å². The second-order valence-corrected chi connectivity index (χ2v) is 11.5. The van der Waals surface area contributed by atoms with E-state index in [9.17, 15) is 4.79 Å². The Morgan fingerprint density at radius 2 is 1.84 bits per heavy atom. The van der Waals surface area contributed by atoms with Crippen LogP contribution in [0.25, 0.3) is 25.9 Å². The van der Waals surface area contributed by atoms with Gasteiger partial charge in [0.25, 0.3) is 0 Å². The van der Waals surface area contributed by atoms with E-state index < -0.39 is 5.60 Å². The molecule has 168 valence electrons. The largest absolute Gasteiger partial charge is 0.444 e. The van der Waals surface area contributed by atoms with Crippen LogP contribution < -0.4 is 0 Å². The van der Waals surface area contributed by atoms with Gasteiger partial charge in [-0.05, 0) is 59.4 Å². The highest BCUT2D eigenvalue weighted by Gasteiger charge is 2.28. The molecule has 1 amide bonds. The number of carbonyl (C=O) groups is 1. The van der Waals surface area contributed by atoms with Gasteiger partial charge in [-0.2, -0.15) is 0 Å². The molecule has 0 unspecified atom stereocenters. The minimum atomic E-state index is -0.454. The van der Waals surface area contributed by atoms with Gasteiger partial charge < -0.3 is 14.0 Å². The summed E-state index contributed by atoms with van der Waals surface area (Å²) < 4.78 is 8.75. The molecule has 0 aliphatic carbocycles. The lowest BCUT2D eigenvalue weighted by molar-refractivity contribution is 0.0205. The minimum Gasteiger partial charge on any atom is -0.444 e. The second-order valence-electron chi connectivity index (χ2n) is 9.40. The van der Waals surface area contributed by atoms with Crippen LogP contribution in [0.3, 0.4) is 0 Å². The van der Waals surface area contributed by atoms with E-state index in [1.54, 1.807) is 22.7 Å². The molecule has 5 heterocycles. The van der Waals surface area contributed by atoms with Gasteiger partial charge in [0.05, 0.1) is 16.1 Å². The summed E-state index contributed by atoms with van der Waals surface area (Å²) in [4.78, 5) is 30.7. The average Bonchev–Trinajstić information content (AvgIpc) is 3.39. The van der Waals surface area contributed by atoms with Crippen molar-refractivity contribution in [3.63, 3.8) is 0 Å². The molecule has 0 aromatic carbocycles. The number of hydrogen-bond donors (Lipinski definition) is 0. The Hall–Kier alpha value is -2.52. The number of likely N-dealkylation sites (tertiary alicyclic amines) is 1. The first-order chi connectivity index (χ1) is 15.2. The number of thiophene rings is 1. The third-order valence-corrected chi connectivity index (χ3v) is 7.95. The zero-order valence-corrected chi connectivity index (χ0v) is 20.6. The predicted octanol–water partition coefficient (Wildman–Crippen LogP) is 5.80. The molecule has 1 saturated heterocycles. The van der Waals surface area contributed by atoms with Crippen molar-refractivity contribution >= 4 is 43.9 Å². The number of imidazole rings is 1. The van der Waals surface area contributed by atoms with Gasteiger partial charge in [-0.15, -0.1) is 22.7 Å². The number of thiazole rings is 1. The molecule has 0 saturated carbocycles. The molecular formula is C23H27N5O2S2. The number of hydrogen-bond acceptors (Lipinski definition) is 7. The van der Waals surface area contributed by atoms with Crippen LogP contribution in [0.2, 0.25) is 0 Å². The first-order valence-electron chi connectivity index (χ1n) is 10.9. The fraction of sp³-hybridized carbons (Fsp3) is 0.478. The predicted molar refractivity (Wildman–Crippen MR) is 129 cm³/mol. The standard InChI is InChI=1S/C23H27N5O2S2/c1-13-11-28-12-16(25-19(28)14(2)24-13)20-26-21-18(32-20)10-17(31-21)15-6-8-27(9-7-15)22(29)30-23(3,4)5/h10-12,15H,6-9H2,1-5H3. The van der Waals surface area contributed by atoms with Crippen LogP contribution in [0.5, 0.6) is 0 Å². The number of amides is 1. The van der Waals surface area contributed by atoms with Crippen molar-refractivity contribution in [2.45, 2.75) is 59.0 Å². The zero-order valence-electron chi connectivity index (χ0n) is 19.0. The summed E-state index contributed by atoms with van der Waals surface area (Å²) in [6.45, 7) is 11.2. The van der Waals surface area contributed by atoms with Crippen molar-refractivity contribution in [1.29, 1.82) is 0 Å². The van der Waals surface area contributed by atoms with E-state index in [1.165, 1.54) is 9.58 Å². The van der Waals surface area contributed by atoms with Crippen molar-refractivity contribution in [2.24, 2.45) is 0 Å². The molecule has 1 fully saturated rings. The number of rotatable bonds is 2. The maximum atomic E-state index is 12.3. The zero-order chi connectivity index (χ0) is 22.6. The number of ether oxygens (including phenoxy) is 1. The second kappa shape index (κ2) is 7.81. The van der Waals surface area contributed by atoms with E-state index in [4.69, 9.17) is 14.7 Å². The molecule has 7 nitrogen and oxygen atoms in total. The molecule has 0 bridgehead atoms. The van der Waals surface area contributed by atoms with Gasteiger partial charge in [-0.1, -0.05) is 0 Å². The Bertz CT molecular complexity index is 1270. The summed E-state index contributed by atoms with van der Waals surface area (Å²) in [6, 6.07) is 2.28. The number of fused-ring (bicyclic) bond motifs is 2. The number of carbonyl (C=O) groups excluding carboxylic acids is 1. The molecule has 1 aliphatic rings. The fourth-order valence-electron chi connectivity index (χ4n) is 4.14. The minimum absolute atomic E-state index is 0.206. The number of aromatic nitrogens is 4. The van der Waals surface area contributed by atoms with E-state index in [0.717, 1.165) is 58.5 Å². The van der Waals surface area contributed by atoms with Gasteiger partial charge >= 0.3 is 6.09 Å². The quantitative estimate of drug-likeness (QED) is 0.371. The number of aryl methyl sites for hydroxylation is 2. The van der Waals surface area contributed by atoms with E-state index >= 15 is 0 Å². The Morgan fingerprint density at radius 3 is 2.53 bits per heavy atom. The maximum absolute atomic E-state index is 12.3. The number of piperidine rings is 1. The summed E-state index contributed by atoms with van der Waals surface area (Å²) in [5.74, 6) is 0.468. The summed E-state index contributed by atoms with van der Waals surface area (Å²) in [5, 5.41) is 0.943. The van der Waals surface area contributed by atoms with Crippen molar-refractivity contribution in [2.75, 3.05) is 13.1 Å². The van der Waals surface area contributed by atoms with Crippen LogP contribution in [0, 0.1) is 13.8 Å². The van der Waals surface area contributed by atoms with Gasteiger partial charge in [-0.25, -0.2) is 14.8 Å². The molecule has 5 rings (SSSR count). The SMILES string of the molecule is Cc1cn2cc(-c3nc4sc(C5CCN(C(=O)OC(C)(C)C)CC5)cc4s3)nc2c(C)n1. The molecule has 0 spiro atoms. The molecule has 0 N–H and O–H groups in total. The van der Waals surface area contributed by atoms with E-state index in [-0.39, 0.29) is 6.09 Å². The average molecular weight is 470 g/mol. The lowest BCUT2D eigenvalue weighted by Crippen LogP contribution is -2.41. The van der Waals surface area contributed by atoms with Gasteiger partial charge in [0.15, 0.2) is 5.65 Å². The molecule has 4 aromatic heterocycles. The van der Waals surface area contributed by atoms with Gasteiger partial charge in [0.1, 0.15) is 21.1 Å². The normalized spacial score (nSPS) is 15.7. The summed E-state index contributed by atoms with van der Waals surface area (Å²) in [5.41, 5.74) is 3.21. The highest BCUT2D eigenvalue weighted by Crippen LogP contribution is 2.40. The molecule has 32 heavy (non-hydrogen) atoms. The Labute approximate surface area is 195 Å². The third kappa shape index (κ3) is 4.11. The third-order valence-electron chi connectivity index (χ3n) is 5.60. The van der Waals surface area contributed by atoms with Crippen molar-refractivity contribution in [3.8, 4) is 10.7 Å². The summed E-state index contributed by atoms with van der Waals surface area (Å²) in [6.07, 6.45) is 5.74. The summed E-state index contributed by atoms with van der Waals surface area (Å²) in [7, 11) is 0.